The Hall–Kier alpha value is -8.00. The van der Waals surface area contributed by atoms with Crippen molar-refractivity contribution in [2.24, 2.45) is 0 Å². The molecule has 10 aromatic rings. The molecule has 0 N–H and O–H groups in total. The van der Waals surface area contributed by atoms with E-state index in [0.29, 0.717) is 0 Å². The Morgan fingerprint density at radius 1 is 0.343 bits per heavy atom. The summed E-state index contributed by atoms with van der Waals surface area (Å²) < 4.78 is 6.47. The van der Waals surface area contributed by atoms with E-state index in [0.717, 1.165) is 24.3 Å². The van der Waals surface area contributed by atoms with Gasteiger partial charge in [-0.05, 0) is 175 Å². The first-order chi connectivity index (χ1) is 34.3. The van der Waals surface area contributed by atoms with Crippen molar-refractivity contribution in [3.63, 3.8) is 0 Å². The van der Waals surface area contributed by atoms with Crippen molar-refractivity contribution in [1.82, 2.24) is 0 Å². The van der Waals surface area contributed by atoms with Crippen LogP contribution in [0.4, 0.5) is 0 Å². The Bertz CT molecular complexity index is 3370. The molecule has 0 amide bonds. The van der Waals surface area contributed by atoms with Crippen molar-refractivity contribution < 1.29 is 4.74 Å². The Balaban J connectivity index is 0.000000213. The van der Waals surface area contributed by atoms with Crippen LogP contribution < -0.4 is 4.74 Å². The molecule has 0 heterocycles. The van der Waals surface area contributed by atoms with Gasteiger partial charge >= 0.3 is 0 Å². The van der Waals surface area contributed by atoms with Crippen LogP contribution in [0.25, 0.3) is 54.9 Å². The number of hydrogen-bond acceptors (Lipinski definition) is 1. The van der Waals surface area contributed by atoms with Gasteiger partial charge in [-0.3, -0.25) is 0 Å². The average Bonchev–Trinajstić information content (AvgIpc) is 3.94. The number of benzene rings is 10. The molecule has 1 nitrogen and oxygen atoms in total. The van der Waals surface area contributed by atoms with Crippen LogP contribution in [0.3, 0.4) is 0 Å². The van der Waals surface area contributed by atoms with Crippen LogP contribution in [0.2, 0.25) is 0 Å². The lowest BCUT2D eigenvalue weighted by atomic mass is 9.73. The number of fused-ring (bicyclic) bond motifs is 11. The van der Waals surface area contributed by atoms with Gasteiger partial charge in [0.05, 0.1) is 0 Å². The molecular weight excluding hydrogens is 845 g/mol. The Morgan fingerprint density at radius 3 is 1.00 bits per heavy atom. The lowest BCUT2D eigenvalue weighted by Crippen LogP contribution is -2.23. The summed E-state index contributed by atoms with van der Waals surface area (Å²) in [5.74, 6) is 1.67. The summed E-state index contributed by atoms with van der Waals surface area (Å²) >= 11 is 0. The molecule has 0 saturated heterocycles. The zero-order valence-corrected chi connectivity index (χ0v) is 40.7. The maximum atomic E-state index is 6.47. The summed E-state index contributed by atoms with van der Waals surface area (Å²) in [5.41, 5.74) is 18.3. The first kappa shape index (κ1) is 44.5. The molecule has 2 unspecified atom stereocenters. The first-order valence-corrected chi connectivity index (χ1v) is 24.9. The monoisotopic (exact) mass is 902 g/mol. The molecule has 0 fully saturated rings. The van der Waals surface area contributed by atoms with Crippen LogP contribution in [0, 0.1) is 0 Å². The largest absolute Gasteiger partial charge is 0.457 e. The van der Waals surface area contributed by atoms with Gasteiger partial charge < -0.3 is 4.74 Å². The van der Waals surface area contributed by atoms with Gasteiger partial charge in [0.15, 0.2) is 0 Å². The van der Waals surface area contributed by atoms with E-state index in [1.54, 1.807) is 0 Å². The minimum absolute atomic E-state index is 0.0245. The molecule has 70 heavy (non-hydrogen) atoms. The van der Waals surface area contributed by atoms with Gasteiger partial charge in [-0.2, -0.15) is 0 Å². The Labute approximate surface area is 414 Å². The highest BCUT2D eigenvalue weighted by atomic mass is 16.5. The molecule has 3 aliphatic carbocycles. The van der Waals surface area contributed by atoms with E-state index >= 15 is 0 Å². The third-order valence-corrected chi connectivity index (χ3v) is 15.6. The van der Waals surface area contributed by atoms with E-state index in [2.05, 4.69) is 245 Å². The fourth-order valence-corrected chi connectivity index (χ4v) is 12.3. The van der Waals surface area contributed by atoms with E-state index in [1.807, 2.05) is 26.0 Å². The van der Waals surface area contributed by atoms with Crippen LogP contribution >= 0.6 is 0 Å². The lowest BCUT2D eigenvalue weighted by molar-refractivity contribution is 0.481. The van der Waals surface area contributed by atoms with Crippen LogP contribution in [0.1, 0.15) is 85.0 Å². The van der Waals surface area contributed by atoms with Gasteiger partial charge in [-0.25, -0.2) is 0 Å². The maximum absolute atomic E-state index is 6.47. The van der Waals surface area contributed by atoms with E-state index in [9.17, 15) is 0 Å². The van der Waals surface area contributed by atoms with Crippen LogP contribution in [-0.4, -0.2) is 0 Å². The van der Waals surface area contributed by atoms with Gasteiger partial charge in [-0.1, -0.05) is 196 Å². The van der Waals surface area contributed by atoms with Gasteiger partial charge in [0, 0.05) is 16.2 Å². The summed E-state index contributed by atoms with van der Waals surface area (Å²) in [7, 11) is 0. The standard InChI is InChI=1S/C48H34O.C19H18.C2H6/c1-47(43-17-9-7-15-39(43)41-27-31-11-3-5-13-33(31)29-45(41)47)35-19-23-37(24-20-35)49-38-25-21-36(22-26-38)48(2)44-18-10-8-16-40(44)42-28-32-12-4-6-14-34(32)30-46(42)48;1-3-13-19(14-4-2)17-11-7-5-9-15(17)16-10-6-8-12-18(16)19;1-2/h3-30H,1-2H3;3-12H,1-2,13-14H2;1-2H3. The summed E-state index contributed by atoms with van der Waals surface area (Å²) in [6.07, 6.45) is 5.96. The SMILES string of the molecule is C=CCC1(CC=C)c2ccccc2-c2ccccc21.CC.CC1(c2ccc(Oc3ccc(C4(C)c5ccccc5-c5cc6ccccc6cc54)cc3)cc2)c2ccccc2-c2cc3ccccc3cc21. The Morgan fingerprint density at radius 2 is 0.643 bits per heavy atom. The Kier molecular flexibility index (Phi) is 11.3. The van der Waals surface area contributed by atoms with Crippen molar-refractivity contribution in [3.05, 3.63) is 288 Å². The van der Waals surface area contributed by atoms with E-state index < -0.39 is 0 Å². The van der Waals surface area contributed by atoms with E-state index in [4.69, 9.17) is 4.74 Å². The summed E-state index contributed by atoms with van der Waals surface area (Å²) in [5, 5.41) is 5.10. The van der Waals surface area contributed by atoms with Gasteiger partial charge in [0.1, 0.15) is 11.5 Å². The molecule has 0 saturated carbocycles. The van der Waals surface area contributed by atoms with Crippen molar-refractivity contribution >= 4 is 21.5 Å². The predicted molar refractivity (Wildman–Crippen MR) is 296 cm³/mol. The predicted octanol–water partition coefficient (Wildman–Crippen LogP) is 18.6. The second-order valence-corrected chi connectivity index (χ2v) is 19.1. The van der Waals surface area contributed by atoms with Crippen molar-refractivity contribution in [2.45, 2.75) is 56.8 Å². The number of allylic oxidation sites excluding steroid dienone is 2. The molecule has 13 rings (SSSR count). The molecule has 2 atom stereocenters. The quantitative estimate of drug-likeness (QED) is 0.138. The average molecular weight is 903 g/mol. The van der Waals surface area contributed by atoms with Crippen LogP contribution in [0.5, 0.6) is 11.5 Å². The number of ether oxygens (including phenoxy) is 1. The first-order valence-electron chi connectivity index (χ1n) is 24.9. The molecule has 0 spiro atoms. The minimum atomic E-state index is -0.259. The van der Waals surface area contributed by atoms with Crippen molar-refractivity contribution in [2.75, 3.05) is 0 Å². The molecule has 0 aliphatic heterocycles. The zero-order chi connectivity index (χ0) is 48.0. The third-order valence-electron chi connectivity index (χ3n) is 15.6. The highest BCUT2D eigenvalue weighted by Crippen LogP contribution is 2.56. The highest BCUT2D eigenvalue weighted by molar-refractivity contribution is 5.96. The normalized spacial score (nSPS) is 17.0. The van der Waals surface area contributed by atoms with Crippen molar-refractivity contribution in [1.29, 1.82) is 0 Å². The second kappa shape index (κ2) is 17.8. The van der Waals surface area contributed by atoms with Gasteiger partial charge in [0.2, 0.25) is 0 Å². The molecule has 10 aromatic carbocycles. The third kappa shape index (κ3) is 6.90. The molecule has 0 aromatic heterocycles. The summed E-state index contributed by atoms with van der Waals surface area (Å²) in [6.45, 7) is 16.7. The molecule has 1 heteroatoms. The van der Waals surface area contributed by atoms with Gasteiger partial charge in [0.25, 0.3) is 0 Å². The fraction of sp³-hybridized carbons (Fsp3) is 0.130. The highest BCUT2D eigenvalue weighted by Gasteiger charge is 2.43. The van der Waals surface area contributed by atoms with E-state index in [-0.39, 0.29) is 16.2 Å². The fourth-order valence-electron chi connectivity index (χ4n) is 12.3. The summed E-state index contributed by atoms with van der Waals surface area (Å²) in [4.78, 5) is 0. The molecular formula is C69H58O. The molecule has 0 radical (unpaired) electrons. The molecule has 3 aliphatic rings. The smallest absolute Gasteiger partial charge is 0.127 e. The lowest BCUT2D eigenvalue weighted by Gasteiger charge is -2.30. The van der Waals surface area contributed by atoms with Crippen LogP contribution in [0.15, 0.2) is 244 Å². The summed E-state index contributed by atoms with van der Waals surface area (Å²) in [6, 6.07) is 79.5. The van der Waals surface area contributed by atoms with Crippen molar-refractivity contribution in [3.8, 4) is 44.9 Å². The maximum Gasteiger partial charge on any atom is 0.127 e. The van der Waals surface area contributed by atoms with E-state index in [1.165, 1.54) is 99.4 Å². The number of rotatable bonds is 8. The molecule has 0 bridgehead atoms. The molecule has 340 valence electrons. The topological polar surface area (TPSA) is 9.23 Å². The number of hydrogen-bond donors (Lipinski definition) is 0. The van der Waals surface area contributed by atoms with Crippen LogP contribution in [-0.2, 0) is 16.2 Å². The second-order valence-electron chi connectivity index (χ2n) is 19.1. The van der Waals surface area contributed by atoms with Gasteiger partial charge in [-0.15, -0.1) is 13.2 Å². The zero-order valence-electron chi connectivity index (χ0n) is 40.7. The minimum Gasteiger partial charge on any atom is -0.457 e.